The molecule has 23 heteroatoms. The number of amides is 11. The Bertz CT molecular complexity index is 2370. The first-order chi connectivity index (χ1) is 39.5. The molecule has 1 heterocycles. The van der Waals surface area contributed by atoms with E-state index < -0.39 is 155 Å². The van der Waals surface area contributed by atoms with Gasteiger partial charge in [-0.25, -0.2) is 0 Å². The Kier molecular flexibility index (Phi) is 31.2. The minimum atomic E-state index is -1.61. The van der Waals surface area contributed by atoms with Crippen LogP contribution in [0.1, 0.15) is 163 Å². The Morgan fingerprint density at radius 3 is 1.41 bits per heavy atom. The molecule has 5 N–H and O–H groups in total. The number of hydrogen-bond acceptors (Lipinski definition) is 12. The van der Waals surface area contributed by atoms with E-state index in [0.29, 0.717) is 6.42 Å². The second kappa shape index (κ2) is 34.4. The summed E-state index contributed by atoms with van der Waals surface area (Å²) < 4.78 is 0. The van der Waals surface area contributed by atoms with Crippen LogP contribution in [0.15, 0.2) is 12.2 Å². The number of aliphatic hydroxyl groups is 1. The van der Waals surface area contributed by atoms with Crippen molar-refractivity contribution in [2.45, 2.75) is 230 Å². The Morgan fingerprint density at radius 2 is 0.953 bits per heavy atom. The van der Waals surface area contributed by atoms with Crippen LogP contribution in [-0.4, -0.2) is 227 Å². The number of carbonyl (C=O) groups is 11. The third-order valence-electron chi connectivity index (χ3n) is 16.3. The van der Waals surface area contributed by atoms with Gasteiger partial charge in [-0.1, -0.05) is 116 Å². The fourth-order valence-corrected chi connectivity index (χ4v) is 10.7. The zero-order chi connectivity index (χ0) is 66.9. The summed E-state index contributed by atoms with van der Waals surface area (Å²) in [7, 11) is 9.89. The van der Waals surface area contributed by atoms with E-state index in [4.69, 9.17) is 0 Å². The molecule has 1 aliphatic heterocycles. The van der Waals surface area contributed by atoms with Gasteiger partial charge in [0.15, 0.2) is 0 Å². The van der Waals surface area contributed by atoms with Gasteiger partial charge in [-0.15, -0.1) is 0 Å². The van der Waals surface area contributed by atoms with Crippen molar-refractivity contribution in [1.82, 2.24) is 55.6 Å². The molecule has 0 aromatic rings. The van der Waals surface area contributed by atoms with Gasteiger partial charge in [0.05, 0.1) is 12.6 Å². The number of aliphatic hydroxyl groups excluding tert-OH is 1. The molecule has 1 saturated heterocycles. The second-order valence-corrected chi connectivity index (χ2v) is 27.2. The lowest BCUT2D eigenvalue weighted by atomic mass is 9.85. The third kappa shape index (κ3) is 21.6. The average molecular weight is 1220 g/mol. The molecule has 492 valence electrons. The topological polar surface area (TPSA) is 279 Å². The number of rotatable bonds is 14. The molecular weight excluding hydrogens is 1100 g/mol. The number of hydrogen-bond donors (Lipinski definition) is 5. The standard InChI is InChI=1S/C63H113N11O12/c1-26-28-29-40(13)51(76)50-56(80)65-43(27-2)58(82)68(19)34-48(75)70(21)45(31-36(5)6)55(79)67-52(63(16,17)18)62(86)69(20)42(15)53(77)66-44(30-35(3)4)54(78)64-41(14)57(81)71(22)46(32-37(7)8)59(83)72(23)47(33-38(9)10)60(84)73(24)49(39(11)12)61(85)74(50)25/h26,28,35-47,49-52,76H,27,29-34H2,1-25H3,(H,64,78)(H,65,80)(H,66,77)(H,67,79)/b28-26+/t40-,41-,42+,43+,44?,45+,46+,47-,49+,50+,51-,52-/m1/s1. The number of nitrogens with zero attached hydrogens (tertiary/aromatic N) is 7. The van der Waals surface area contributed by atoms with Crippen molar-refractivity contribution in [2.24, 2.45) is 40.9 Å². The fraction of sp³-hybridized carbons (Fsp3) is 0.794. The molecule has 1 unspecified atom stereocenters. The Labute approximate surface area is 515 Å². The van der Waals surface area contributed by atoms with Crippen LogP contribution in [0.2, 0.25) is 0 Å². The number of likely N-dealkylation sites (N-methyl/N-ethyl adjacent to an activating group) is 7. The van der Waals surface area contributed by atoms with Crippen LogP contribution in [0.5, 0.6) is 0 Å². The molecule has 0 radical (unpaired) electrons. The normalized spacial score (nSPS) is 26.9. The summed E-state index contributed by atoms with van der Waals surface area (Å²) in [4.78, 5) is 169. The minimum Gasteiger partial charge on any atom is -0.390 e. The Balaban J connectivity index is 4.36. The molecular formula is C63H113N11O12. The molecule has 12 atom stereocenters. The smallest absolute Gasteiger partial charge is 0.246 e. The van der Waals surface area contributed by atoms with Crippen molar-refractivity contribution in [1.29, 1.82) is 0 Å². The zero-order valence-corrected chi connectivity index (χ0v) is 57.0. The maximum atomic E-state index is 15.2. The average Bonchev–Trinajstić information content (AvgIpc) is 3.48. The SMILES string of the molecule is C/C=C/C[C@@H](C)[C@@H](O)[C@H]1C(=O)N[C@@H](CC)C(=O)N(C)CC(=O)N(C)[C@@H](CC(C)C)C(=O)N[C@@H](C(C)(C)C)C(=O)N(C)[C@@H](C)C(=O)NC(CC(C)C)C(=O)N[C@H](C)C(=O)N(C)[C@@H](CC(C)C)C(=O)N(C)[C@H](CC(C)C)C(=O)N(C)[C@@H](C(C)C)C(=O)N1C. The number of carbonyl (C=O) groups excluding carboxylic acids is 11. The predicted octanol–water partition coefficient (Wildman–Crippen LogP) is 3.66. The van der Waals surface area contributed by atoms with Crippen LogP contribution in [0.3, 0.4) is 0 Å². The first-order valence-corrected chi connectivity index (χ1v) is 30.9. The van der Waals surface area contributed by atoms with E-state index in [1.54, 1.807) is 61.5 Å². The second-order valence-electron chi connectivity index (χ2n) is 27.2. The molecule has 0 aliphatic carbocycles. The quantitative estimate of drug-likeness (QED) is 0.156. The molecule has 23 nitrogen and oxygen atoms in total. The highest BCUT2D eigenvalue weighted by atomic mass is 16.3. The van der Waals surface area contributed by atoms with Gasteiger partial charge in [0, 0.05) is 49.3 Å². The summed E-state index contributed by atoms with van der Waals surface area (Å²) >= 11 is 0. The highest BCUT2D eigenvalue weighted by Crippen LogP contribution is 2.27. The van der Waals surface area contributed by atoms with Gasteiger partial charge < -0.3 is 60.7 Å². The Morgan fingerprint density at radius 1 is 0.500 bits per heavy atom. The van der Waals surface area contributed by atoms with Gasteiger partial charge in [0.25, 0.3) is 0 Å². The molecule has 1 rings (SSSR count). The molecule has 11 amide bonds. The van der Waals surface area contributed by atoms with Crippen molar-refractivity contribution in [2.75, 3.05) is 55.9 Å². The lowest BCUT2D eigenvalue weighted by molar-refractivity contribution is -0.157. The third-order valence-corrected chi connectivity index (χ3v) is 16.3. The van der Waals surface area contributed by atoms with E-state index in [0.717, 1.165) is 9.80 Å². The summed E-state index contributed by atoms with van der Waals surface area (Å²) in [5, 5.41) is 23.2. The van der Waals surface area contributed by atoms with Crippen LogP contribution in [-0.2, 0) is 52.7 Å². The van der Waals surface area contributed by atoms with E-state index in [9.17, 15) is 43.5 Å². The molecule has 0 aromatic heterocycles. The van der Waals surface area contributed by atoms with E-state index in [-0.39, 0.29) is 55.8 Å². The van der Waals surface area contributed by atoms with E-state index in [2.05, 4.69) is 21.3 Å². The van der Waals surface area contributed by atoms with E-state index >= 15 is 14.4 Å². The van der Waals surface area contributed by atoms with Crippen LogP contribution in [0.4, 0.5) is 0 Å². The molecule has 0 saturated carbocycles. The molecule has 1 fully saturated rings. The zero-order valence-electron chi connectivity index (χ0n) is 57.0. The molecule has 0 aromatic carbocycles. The summed E-state index contributed by atoms with van der Waals surface area (Å²) in [6.07, 6.45) is 3.00. The molecule has 1 aliphatic rings. The van der Waals surface area contributed by atoms with Gasteiger partial charge in [0.1, 0.15) is 60.4 Å². The number of nitrogens with one attached hydrogen (secondary N) is 4. The van der Waals surface area contributed by atoms with Crippen molar-refractivity contribution in [3.63, 3.8) is 0 Å². The van der Waals surface area contributed by atoms with Crippen LogP contribution < -0.4 is 21.3 Å². The summed E-state index contributed by atoms with van der Waals surface area (Å²) in [5.41, 5.74) is -0.948. The van der Waals surface area contributed by atoms with Gasteiger partial charge >= 0.3 is 0 Å². The number of allylic oxidation sites excluding steroid dienone is 2. The monoisotopic (exact) mass is 1220 g/mol. The first-order valence-electron chi connectivity index (χ1n) is 30.9. The minimum absolute atomic E-state index is 0.0206. The largest absolute Gasteiger partial charge is 0.390 e. The maximum Gasteiger partial charge on any atom is 0.246 e. The van der Waals surface area contributed by atoms with Gasteiger partial charge in [-0.05, 0) is 100 Å². The Hall–Kier alpha value is -6.13. The molecule has 0 bridgehead atoms. The maximum absolute atomic E-state index is 15.2. The highest BCUT2D eigenvalue weighted by Gasteiger charge is 2.46. The van der Waals surface area contributed by atoms with Crippen LogP contribution in [0.25, 0.3) is 0 Å². The van der Waals surface area contributed by atoms with Crippen LogP contribution >= 0.6 is 0 Å². The van der Waals surface area contributed by atoms with Gasteiger partial charge in [-0.3, -0.25) is 52.7 Å². The lowest BCUT2D eigenvalue weighted by Crippen LogP contribution is -2.63. The summed E-state index contributed by atoms with van der Waals surface area (Å²) in [5.74, 6) is -9.25. The highest BCUT2D eigenvalue weighted by molar-refractivity contribution is 5.99. The van der Waals surface area contributed by atoms with Crippen molar-refractivity contribution in [3.05, 3.63) is 12.2 Å². The van der Waals surface area contributed by atoms with Gasteiger partial charge in [0.2, 0.25) is 65.0 Å². The molecule has 86 heavy (non-hydrogen) atoms. The van der Waals surface area contributed by atoms with Crippen molar-refractivity contribution in [3.8, 4) is 0 Å². The lowest BCUT2D eigenvalue weighted by Gasteiger charge is -2.41. The van der Waals surface area contributed by atoms with E-state index in [1.807, 2.05) is 61.5 Å². The van der Waals surface area contributed by atoms with E-state index in [1.165, 1.54) is 87.7 Å². The first kappa shape index (κ1) is 77.9. The van der Waals surface area contributed by atoms with Crippen LogP contribution in [0, 0.1) is 40.9 Å². The summed E-state index contributed by atoms with van der Waals surface area (Å²) in [6, 6.07) is -12.4. The molecule has 0 spiro atoms. The summed E-state index contributed by atoms with van der Waals surface area (Å²) in [6.45, 7) is 31.1. The fourth-order valence-electron chi connectivity index (χ4n) is 10.7. The predicted molar refractivity (Wildman–Crippen MR) is 333 cm³/mol. The van der Waals surface area contributed by atoms with Crippen molar-refractivity contribution < 1.29 is 57.8 Å². The van der Waals surface area contributed by atoms with Crippen molar-refractivity contribution >= 4 is 65.0 Å². The van der Waals surface area contributed by atoms with Gasteiger partial charge in [-0.2, -0.15) is 0 Å².